The third kappa shape index (κ3) is 4.25. The Kier molecular flexibility index (Phi) is 5.46. The van der Waals surface area contributed by atoms with Crippen molar-refractivity contribution >= 4 is 39.2 Å². The molecule has 2 aromatic carbocycles. The van der Waals surface area contributed by atoms with Crippen LogP contribution in [0.25, 0.3) is 21.9 Å². The highest BCUT2D eigenvalue weighted by molar-refractivity contribution is 7.19. The molecule has 0 saturated heterocycles. The van der Waals surface area contributed by atoms with Crippen LogP contribution in [-0.2, 0) is 4.79 Å². The lowest BCUT2D eigenvalue weighted by molar-refractivity contribution is -0.305. The number of carbonyl (C=O) groups is 1. The van der Waals surface area contributed by atoms with Crippen LogP contribution < -0.4 is 9.84 Å². The van der Waals surface area contributed by atoms with Gasteiger partial charge in [0, 0.05) is 11.5 Å². The Morgan fingerprint density at radius 1 is 1.16 bits per heavy atom. The number of carbonyl (C=O) groups excluding carboxylic acids is 1. The number of nitrogens with zero attached hydrogens (tertiary/aromatic N) is 1. The first kappa shape index (κ1) is 17.2. The Bertz CT molecular complexity index is 881. The molecule has 0 aliphatic heterocycles. The van der Waals surface area contributed by atoms with Crippen LogP contribution in [0.2, 0.25) is 0 Å². The molecule has 0 fully saturated rings. The summed E-state index contributed by atoms with van der Waals surface area (Å²) >= 11 is 1.61. The highest BCUT2D eigenvalue weighted by Crippen LogP contribution is 2.32. The summed E-state index contributed by atoms with van der Waals surface area (Å²) in [7, 11) is 1.64. The average molecular weight is 352 g/mol. The van der Waals surface area contributed by atoms with Gasteiger partial charge in [-0.1, -0.05) is 30.3 Å². The Hall–Kier alpha value is -2.66. The predicted octanol–water partition coefficient (Wildman–Crippen LogP) is 3.77. The van der Waals surface area contributed by atoms with Crippen molar-refractivity contribution in [2.45, 2.75) is 19.3 Å². The summed E-state index contributed by atoms with van der Waals surface area (Å²) in [5.74, 6) is -0.248. The highest BCUT2D eigenvalue weighted by Gasteiger charge is 2.10. The molecule has 0 aliphatic rings. The van der Waals surface area contributed by atoms with Gasteiger partial charge in [-0.3, -0.25) is 0 Å². The van der Waals surface area contributed by atoms with Crippen LogP contribution in [0, 0.1) is 0 Å². The third-order valence-corrected chi connectivity index (χ3v) is 4.98. The summed E-state index contributed by atoms with van der Waals surface area (Å²) in [6, 6.07) is 15.7. The molecule has 0 atom stereocenters. The summed E-state index contributed by atoms with van der Waals surface area (Å²) in [5, 5.41) is 11.7. The molecule has 0 spiro atoms. The van der Waals surface area contributed by atoms with Gasteiger partial charge in [-0.2, -0.15) is 0 Å². The maximum Gasteiger partial charge on any atom is 0.126 e. The van der Waals surface area contributed by atoms with E-state index in [4.69, 9.17) is 9.72 Å². The second-order valence-electron chi connectivity index (χ2n) is 5.62. The molecule has 3 aromatic rings. The summed E-state index contributed by atoms with van der Waals surface area (Å²) < 4.78 is 6.53. The van der Waals surface area contributed by atoms with Crippen molar-refractivity contribution in [2.24, 2.45) is 0 Å². The van der Waals surface area contributed by atoms with Crippen molar-refractivity contribution < 1.29 is 14.6 Å². The van der Waals surface area contributed by atoms with Crippen LogP contribution in [0.3, 0.4) is 0 Å². The van der Waals surface area contributed by atoms with Crippen LogP contribution >= 0.6 is 11.3 Å². The van der Waals surface area contributed by atoms with E-state index in [1.807, 2.05) is 54.6 Å². The van der Waals surface area contributed by atoms with Gasteiger partial charge in [-0.15, -0.1) is 11.3 Å². The maximum absolute atomic E-state index is 10.8. The largest absolute Gasteiger partial charge is 0.550 e. The second-order valence-corrected chi connectivity index (χ2v) is 6.65. The Labute approximate surface area is 150 Å². The van der Waals surface area contributed by atoms with E-state index in [0.717, 1.165) is 32.1 Å². The molecular formula is C20H18NO3S-. The van der Waals surface area contributed by atoms with E-state index in [1.54, 1.807) is 18.4 Å². The zero-order valence-corrected chi connectivity index (χ0v) is 14.7. The number of thiazole rings is 1. The minimum atomic E-state index is -1.03. The minimum Gasteiger partial charge on any atom is -0.550 e. The van der Waals surface area contributed by atoms with Gasteiger partial charge >= 0.3 is 0 Å². The quantitative estimate of drug-likeness (QED) is 0.649. The van der Waals surface area contributed by atoms with Gasteiger partial charge in [-0.25, -0.2) is 4.98 Å². The number of ether oxygens (including phenoxy) is 1. The lowest BCUT2D eigenvalue weighted by Gasteiger charge is -2.08. The zero-order chi connectivity index (χ0) is 17.6. The molecule has 25 heavy (non-hydrogen) atoms. The molecule has 0 saturated carbocycles. The molecular weight excluding hydrogens is 334 g/mol. The number of carboxylic acids is 1. The van der Waals surface area contributed by atoms with Crippen molar-refractivity contribution in [3.05, 3.63) is 59.1 Å². The van der Waals surface area contributed by atoms with Crippen molar-refractivity contribution in [2.75, 3.05) is 7.11 Å². The van der Waals surface area contributed by atoms with Crippen LogP contribution in [-0.4, -0.2) is 18.1 Å². The molecule has 4 nitrogen and oxygen atoms in total. The summed E-state index contributed by atoms with van der Waals surface area (Å²) in [6.07, 6.45) is 3.20. The van der Waals surface area contributed by atoms with Crippen molar-refractivity contribution in [1.29, 1.82) is 0 Å². The van der Waals surface area contributed by atoms with Gasteiger partial charge in [0.25, 0.3) is 0 Å². The molecule has 0 radical (unpaired) electrons. The van der Waals surface area contributed by atoms with E-state index in [9.17, 15) is 9.90 Å². The molecule has 1 heterocycles. The number of hydrogen-bond acceptors (Lipinski definition) is 5. The Balaban J connectivity index is 1.99. The molecule has 1 aromatic heterocycles. The minimum absolute atomic E-state index is 0.0359. The van der Waals surface area contributed by atoms with E-state index in [1.165, 1.54) is 0 Å². The SMILES string of the molecule is COc1ccccc1/C=C(\CCCC(=O)[O-])c1nc2ccccc2s1. The molecule has 0 bridgehead atoms. The number of aliphatic carboxylic acids is 1. The molecule has 5 heteroatoms. The first-order valence-electron chi connectivity index (χ1n) is 8.07. The topological polar surface area (TPSA) is 62.2 Å². The fraction of sp³-hybridized carbons (Fsp3) is 0.200. The van der Waals surface area contributed by atoms with E-state index < -0.39 is 5.97 Å². The molecule has 0 aliphatic carbocycles. The fourth-order valence-corrected chi connectivity index (χ4v) is 3.66. The molecule has 3 rings (SSSR count). The number of carboxylic acid groups (broad SMARTS) is 1. The molecule has 0 unspecified atom stereocenters. The van der Waals surface area contributed by atoms with E-state index in [2.05, 4.69) is 0 Å². The number of rotatable bonds is 7. The number of benzene rings is 2. The van der Waals surface area contributed by atoms with Gasteiger partial charge in [0.2, 0.25) is 0 Å². The first-order valence-corrected chi connectivity index (χ1v) is 8.88. The van der Waals surface area contributed by atoms with Crippen LogP contribution in [0.1, 0.15) is 29.8 Å². The fourth-order valence-electron chi connectivity index (χ4n) is 2.65. The van der Waals surface area contributed by atoms with E-state index in [0.29, 0.717) is 12.8 Å². The lowest BCUT2D eigenvalue weighted by Crippen LogP contribution is -2.21. The second kappa shape index (κ2) is 7.94. The first-order chi connectivity index (χ1) is 12.2. The Morgan fingerprint density at radius 2 is 1.92 bits per heavy atom. The number of fused-ring (bicyclic) bond motifs is 1. The lowest BCUT2D eigenvalue weighted by atomic mass is 10.0. The summed E-state index contributed by atoms with van der Waals surface area (Å²) in [4.78, 5) is 15.5. The number of para-hydroxylation sites is 2. The van der Waals surface area contributed by atoms with E-state index in [-0.39, 0.29) is 6.42 Å². The molecule has 128 valence electrons. The predicted molar refractivity (Wildman–Crippen MR) is 99.3 cm³/mol. The summed E-state index contributed by atoms with van der Waals surface area (Å²) in [6.45, 7) is 0. The summed E-state index contributed by atoms with van der Waals surface area (Å²) in [5.41, 5.74) is 2.91. The standard InChI is InChI=1S/C20H19NO3S/c1-24-17-10-4-2-7-14(17)13-15(8-6-12-19(22)23)20-21-16-9-3-5-11-18(16)25-20/h2-5,7,9-11,13H,6,8,12H2,1H3,(H,22,23)/p-1/b15-13+. The molecule has 0 amide bonds. The van der Waals surface area contributed by atoms with Crippen molar-refractivity contribution in [3.8, 4) is 5.75 Å². The average Bonchev–Trinajstić information content (AvgIpc) is 3.05. The van der Waals surface area contributed by atoms with Crippen LogP contribution in [0.4, 0.5) is 0 Å². The van der Waals surface area contributed by atoms with Gasteiger partial charge in [0.15, 0.2) is 0 Å². The van der Waals surface area contributed by atoms with Crippen molar-refractivity contribution in [1.82, 2.24) is 4.98 Å². The maximum atomic E-state index is 10.8. The monoisotopic (exact) mass is 352 g/mol. The van der Waals surface area contributed by atoms with E-state index >= 15 is 0 Å². The molecule has 0 N–H and O–H groups in total. The van der Waals surface area contributed by atoms with Gasteiger partial charge in [0.05, 0.1) is 17.3 Å². The third-order valence-electron chi connectivity index (χ3n) is 3.86. The number of methoxy groups -OCH3 is 1. The van der Waals surface area contributed by atoms with Crippen molar-refractivity contribution in [3.63, 3.8) is 0 Å². The van der Waals surface area contributed by atoms with Gasteiger partial charge in [-0.05, 0) is 49.1 Å². The normalized spacial score (nSPS) is 11.6. The number of hydrogen-bond donors (Lipinski definition) is 0. The number of allylic oxidation sites excluding steroid dienone is 1. The van der Waals surface area contributed by atoms with Gasteiger partial charge < -0.3 is 14.6 Å². The van der Waals surface area contributed by atoms with Crippen LogP contribution in [0.15, 0.2) is 48.5 Å². The smallest absolute Gasteiger partial charge is 0.126 e. The van der Waals surface area contributed by atoms with Gasteiger partial charge in [0.1, 0.15) is 10.8 Å². The highest BCUT2D eigenvalue weighted by atomic mass is 32.1. The van der Waals surface area contributed by atoms with Crippen LogP contribution in [0.5, 0.6) is 5.75 Å². The zero-order valence-electron chi connectivity index (χ0n) is 13.9. The Morgan fingerprint density at radius 3 is 2.68 bits per heavy atom. The number of aromatic nitrogens is 1.